The fourth-order valence-corrected chi connectivity index (χ4v) is 2.03. The second-order valence-electron chi connectivity index (χ2n) is 3.69. The lowest BCUT2D eigenvalue weighted by Crippen LogP contribution is -2.41. The molecule has 7 nitrogen and oxygen atoms in total. The highest BCUT2D eigenvalue weighted by atomic mass is 32.1. The highest BCUT2D eigenvalue weighted by Gasteiger charge is 2.12. The molecule has 102 valence electrons. The van der Waals surface area contributed by atoms with Gasteiger partial charge in [0.25, 0.3) is 17.5 Å². The zero-order chi connectivity index (χ0) is 14.5. The number of carbonyl (C=O) groups is 2. The van der Waals surface area contributed by atoms with Crippen LogP contribution < -0.4 is 10.9 Å². The Balaban J connectivity index is 2.00. The van der Waals surface area contributed by atoms with Crippen LogP contribution in [0.4, 0.5) is 5.69 Å². The lowest BCUT2D eigenvalue weighted by atomic mass is 10.2. The van der Waals surface area contributed by atoms with Gasteiger partial charge in [0.05, 0.1) is 9.80 Å². The van der Waals surface area contributed by atoms with Crippen molar-refractivity contribution in [3.63, 3.8) is 0 Å². The van der Waals surface area contributed by atoms with Gasteiger partial charge in [-0.05, 0) is 17.5 Å². The maximum Gasteiger partial charge on any atom is 0.279 e. The topological polar surface area (TPSA) is 101 Å². The van der Waals surface area contributed by atoms with Crippen LogP contribution in [0.5, 0.6) is 0 Å². The van der Waals surface area contributed by atoms with E-state index in [1.54, 1.807) is 17.5 Å². The van der Waals surface area contributed by atoms with Crippen LogP contribution >= 0.6 is 11.3 Å². The molecule has 0 radical (unpaired) electrons. The monoisotopic (exact) mass is 291 g/mol. The predicted octanol–water partition coefficient (Wildman–Crippen LogP) is 1.73. The van der Waals surface area contributed by atoms with Crippen LogP contribution in [0.15, 0.2) is 41.8 Å². The molecule has 0 unspecified atom stereocenters. The second-order valence-corrected chi connectivity index (χ2v) is 4.64. The smallest absolute Gasteiger partial charge is 0.267 e. The van der Waals surface area contributed by atoms with Crippen molar-refractivity contribution in [1.29, 1.82) is 0 Å². The maximum atomic E-state index is 11.7. The molecular formula is C12H9N3O4S. The van der Waals surface area contributed by atoms with Gasteiger partial charge < -0.3 is 0 Å². The summed E-state index contributed by atoms with van der Waals surface area (Å²) in [5.74, 6) is -1.07. The number of amides is 2. The van der Waals surface area contributed by atoms with E-state index in [0.29, 0.717) is 4.88 Å². The Labute approximate surface area is 117 Å². The second kappa shape index (κ2) is 5.93. The molecule has 0 bridgehead atoms. The van der Waals surface area contributed by atoms with Crippen molar-refractivity contribution in [3.8, 4) is 0 Å². The Morgan fingerprint density at radius 1 is 1.10 bits per heavy atom. The molecule has 2 rings (SSSR count). The SMILES string of the molecule is O=C(NNC(=O)c1cccs1)c1cccc([N+](=O)[O-])c1. The number of nitro groups is 1. The number of rotatable bonds is 3. The number of nitrogens with zero attached hydrogens (tertiary/aromatic N) is 1. The van der Waals surface area contributed by atoms with E-state index in [1.807, 2.05) is 0 Å². The zero-order valence-electron chi connectivity index (χ0n) is 10.0. The molecule has 0 aliphatic heterocycles. The van der Waals surface area contributed by atoms with Crippen molar-refractivity contribution < 1.29 is 14.5 Å². The summed E-state index contributed by atoms with van der Waals surface area (Å²) in [5.41, 5.74) is 4.33. The van der Waals surface area contributed by atoms with Crippen molar-refractivity contribution in [2.24, 2.45) is 0 Å². The van der Waals surface area contributed by atoms with Crippen LogP contribution in [0.25, 0.3) is 0 Å². The first-order valence-corrected chi connectivity index (χ1v) is 6.34. The number of hydrogen-bond acceptors (Lipinski definition) is 5. The Bertz CT molecular complexity index is 654. The van der Waals surface area contributed by atoms with Crippen molar-refractivity contribution in [2.45, 2.75) is 0 Å². The molecule has 0 saturated carbocycles. The fourth-order valence-electron chi connectivity index (χ4n) is 1.42. The molecule has 2 amide bonds. The number of hydrazine groups is 1. The van der Waals surface area contributed by atoms with E-state index in [9.17, 15) is 19.7 Å². The first kappa shape index (κ1) is 13.7. The maximum absolute atomic E-state index is 11.7. The molecule has 8 heteroatoms. The van der Waals surface area contributed by atoms with Gasteiger partial charge in [-0.15, -0.1) is 11.3 Å². The number of benzene rings is 1. The standard InChI is InChI=1S/C12H9N3O4S/c16-11(8-3-1-4-9(7-8)15(18)19)13-14-12(17)10-5-2-6-20-10/h1-7H,(H,13,16)(H,14,17). The molecule has 0 aliphatic rings. The molecule has 1 heterocycles. The average Bonchev–Trinajstić information content (AvgIpc) is 2.98. The van der Waals surface area contributed by atoms with E-state index < -0.39 is 16.7 Å². The van der Waals surface area contributed by atoms with Crippen LogP contribution in [-0.2, 0) is 0 Å². The van der Waals surface area contributed by atoms with E-state index >= 15 is 0 Å². The van der Waals surface area contributed by atoms with Crippen molar-refractivity contribution in [1.82, 2.24) is 10.9 Å². The largest absolute Gasteiger partial charge is 0.279 e. The van der Waals surface area contributed by atoms with Crippen LogP contribution in [0.2, 0.25) is 0 Å². The van der Waals surface area contributed by atoms with E-state index in [-0.39, 0.29) is 11.3 Å². The third kappa shape index (κ3) is 3.18. The molecule has 2 aromatic rings. The third-order valence-corrected chi connectivity index (χ3v) is 3.22. The highest BCUT2D eigenvalue weighted by molar-refractivity contribution is 7.12. The average molecular weight is 291 g/mol. The Morgan fingerprint density at radius 3 is 2.50 bits per heavy atom. The van der Waals surface area contributed by atoms with Gasteiger partial charge in [-0.25, -0.2) is 0 Å². The van der Waals surface area contributed by atoms with Gasteiger partial charge >= 0.3 is 0 Å². The summed E-state index contributed by atoms with van der Waals surface area (Å²) in [5, 5.41) is 12.3. The van der Waals surface area contributed by atoms with Gasteiger partial charge in [0.2, 0.25) is 0 Å². The molecule has 1 aromatic heterocycles. The van der Waals surface area contributed by atoms with Crippen molar-refractivity contribution in [3.05, 3.63) is 62.3 Å². The summed E-state index contributed by atoms with van der Waals surface area (Å²) in [7, 11) is 0. The van der Waals surface area contributed by atoms with Gasteiger partial charge in [-0.3, -0.25) is 30.6 Å². The van der Waals surface area contributed by atoms with E-state index in [1.165, 1.54) is 29.5 Å². The normalized spacial score (nSPS) is 9.80. The minimum absolute atomic E-state index is 0.0886. The van der Waals surface area contributed by atoms with Gasteiger partial charge in [-0.1, -0.05) is 12.1 Å². The number of nitrogens with one attached hydrogen (secondary N) is 2. The predicted molar refractivity (Wildman–Crippen MR) is 72.3 cm³/mol. The number of hydrogen-bond donors (Lipinski definition) is 2. The molecule has 1 aromatic carbocycles. The molecule has 0 saturated heterocycles. The minimum Gasteiger partial charge on any atom is -0.267 e. The molecule has 0 spiro atoms. The van der Waals surface area contributed by atoms with Crippen LogP contribution in [-0.4, -0.2) is 16.7 Å². The molecule has 0 atom stereocenters. The van der Waals surface area contributed by atoms with E-state index in [4.69, 9.17) is 0 Å². The van der Waals surface area contributed by atoms with Crippen LogP contribution in [0.3, 0.4) is 0 Å². The highest BCUT2D eigenvalue weighted by Crippen LogP contribution is 2.12. The molecule has 0 aliphatic carbocycles. The van der Waals surface area contributed by atoms with Crippen molar-refractivity contribution >= 4 is 28.8 Å². The number of non-ortho nitro benzene ring substituents is 1. The van der Waals surface area contributed by atoms with Crippen molar-refractivity contribution in [2.75, 3.05) is 0 Å². The Morgan fingerprint density at radius 2 is 1.85 bits per heavy atom. The van der Waals surface area contributed by atoms with E-state index in [0.717, 1.165) is 6.07 Å². The summed E-state index contributed by atoms with van der Waals surface area (Å²) in [6.45, 7) is 0. The Hall–Kier alpha value is -2.74. The van der Waals surface area contributed by atoms with Gasteiger partial charge in [0.15, 0.2) is 0 Å². The number of nitro benzene ring substituents is 1. The van der Waals surface area contributed by atoms with Crippen LogP contribution in [0, 0.1) is 10.1 Å². The molecule has 20 heavy (non-hydrogen) atoms. The minimum atomic E-state index is -0.626. The fraction of sp³-hybridized carbons (Fsp3) is 0. The lowest BCUT2D eigenvalue weighted by molar-refractivity contribution is -0.384. The third-order valence-electron chi connectivity index (χ3n) is 2.35. The Kier molecular flexibility index (Phi) is 4.06. The first-order chi connectivity index (χ1) is 9.58. The summed E-state index contributed by atoms with van der Waals surface area (Å²) >= 11 is 1.23. The number of thiophene rings is 1. The van der Waals surface area contributed by atoms with Gasteiger partial charge in [0, 0.05) is 17.7 Å². The molecule has 0 fully saturated rings. The summed E-state index contributed by atoms with van der Waals surface area (Å²) in [4.78, 5) is 33.8. The quantitative estimate of drug-likeness (QED) is 0.664. The molecular weight excluding hydrogens is 282 g/mol. The van der Waals surface area contributed by atoms with Gasteiger partial charge in [0.1, 0.15) is 0 Å². The summed E-state index contributed by atoms with van der Waals surface area (Å²) < 4.78 is 0. The zero-order valence-corrected chi connectivity index (χ0v) is 10.8. The lowest BCUT2D eigenvalue weighted by Gasteiger charge is -2.06. The first-order valence-electron chi connectivity index (χ1n) is 5.46. The number of carbonyl (C=O) groups excluding carboxylic acids is 2. The molecule has 2 N–H and O–H groups in total. The van der Waals surface area contributed by atoms with Gasteiger partial charge in [-0.2, -0.15) is 0 Å². The van der Waals surface area contributed by atoms with Crippen LogP contribution in [0.1, 0.15) is 20.0 Å². The van der Waals surface area contributed by atoms with E-state index in [2.05, 4.69) is 10.9 Å². The summed E-state index contributed by atoms with van der Waals surface area (Å²) in [6, 6.07) is 8.54. The summed E-state index contributed by atoms with van der Waals surface area (Å²) in [6.07, 6.45) is 0.